The van der Waals surface area contributed by atoms with Gasteiger partial charge in [-0.15, -0.1) is 0 Å². The van der Waals surface area contributed by atoms with Gasteiger partial charge in [0.2, 0.25) is 0 Å². The first kappa shape index (κ1) is 11.1. The lowest BCUT2D eigenvalue weighted by atomic mass is 10.2. The second kappa shape index (κ2) is 4.65. The summed E-state index contributed by atoms with van der Waals surface area (Å²) in [5.74, 6) is 0.303. The lowest BCUT2D eigenvalue weighted by Gasteiger charge is -2.16. The first-order valence-corrected chi connectivity index (χ1v) is 5.06. The number of phenolic OH excluding ortho intramolecular Hbond substituents is 1. The molecule has 0 unspecified atom stereocenters. The molecule has 6 nitrogen and oxygen atoms in total. The average molecular weight is 232 g/mol. The molecular weight excluding hydrogens is 220 g/mol. The molecule has 0 atom stereocenters. The van der Waals surface area contributed by atoms with E-state index in [0.29, 0.717) is 12.4 Å². The summed E-state index contributed by atoms with van der Waals surface area (Å²) >= 11 is 0. The highest BCUT2D eigenvalue weighted by Gasteiger charge is 2.15. The molecule has 0 aliphatic rings. The van der Waals surface area contributed by atoms with E-state index < -0.39 is 0 Å². The SMILES string of the molecule is CN(Cc1ncn[nH]1)C(=O)c1ccccc1O. The van der Waals surface area contributed by atoms with Gasteiger partial charge < -0.3 is 10.0 Å². The summed E-state index contributed by atoms with van der Waals surface area (Å²) in [6.45, 7) is 0.313. The molecule has 0 saturated carbocycles. The number of aromatic nitrogens is 3. The molecule has 0 aliphatic heterocycles. The molecule has 0 bridgehead atoms. The van der Waals surface area contributed by atoms with Gasteiger partial charge in [0.15, 0.2) is 0 Å². The number of hydrogen-bond donors (Lipinski definition) is 2. The van der Waals surface area contributed by atoms with E-state index >= 15 is 0 Å². The molecule has 0 radical (unpaired) electrons. The van der Waals surface area contributed by atoms with Crippen molar-refractivity contribution in [1.29, 1.82) is 0 Å². The van der Waals surface area contributed by atoms with Gasteiger partial charge in [-0.1, -0.05) is 12.1 Å². The molecule has 0 fully saturated rings. The van der Waals surface area contributed by atoms with Gasteiger partial charge in [0.05, 0.1) is 12.1 Å². The molecule has 1 aromatic heterocycles. The maximum absolute atomic E-state index is 12.0. The van der Waals surface area contributed by atoms with E-state index in [1.807, 2.05) is 0 Å². The van der Waals surface area contributed by atoms with Gasteiger partial charge in [-0.2, -0.15) is 5.10 Å². The lowest BCUT2D eigenvalue weighted by molar-refractivity contribution is 0.0778. The van der Waals surface area contributed by atoms with Crippen LogP contribution in [0.25, 0.3) is 0 Å². The van der Waals surface area contributed by atoms with Crippen LogP contribution in [0, 0.1) is 0 Å². The fourth-order valence-electron chi connectivity index (χ4n) is 1.46. The topological polar surface area (TPSA) is 82.1 Å². The van der Waals surface area contributed by atoms with Gasteiger partial charge in [0, 0.05) is 7.05 Å². The number of amides is 1. The zero-order valence-electron chi connectivity index (χ0n) is 9.29. The van der Waals surface area contributed by atoms with Gasteiger partial charge >= 0.3 is 0 Å². The van der Waals surface area contributed by atoms with Crippen molar-refractivity contribution < 1.29 is 9.90 Å². The maximum Gasteiger partial charge on any atom is 0.257 e. The Kier molecular flexibility index (Phi) is 3.04. The van der Waals surface area contributed by atoms with E-state index in [2.05, 4.69) is 15.2 Å². The largest absolute Gasteiger partial charge is 0.507 e. The molecule has 1 aromatic carbocycles. The van der Waals surface area contributed by atoms with E-state index in [-0.39, 0.29) is 17.2 Å². The number of nitrogens with zero attached hydrogens (tertiary/aromatic N) is 3. The van der Waals surface area contributed by atoms with Crippen molar-refractivity contribution in [3.63, 3.8) is 0 Å². The lowest BCUT2D eigenvalue weighted by Crippen LogP contribution is -2.26. The van der Waals surface area contributed by atoms with Gasteiger partial charge in [0.1, 0.15) is 17.9 Å². The van der Waals surface area contributed by atoms with Crippen LogP contribution in [0.1, 0.15) is 16.2 Å². The van der Waals surface area contributed by atoms with Crippen LogP contribution in [-0.4, -0.2) is 38.1 Å². The van der Waals surface area contributed by atoms with Gasteiger partial charge in [-0.3, -0.25) is 9.89 Å². The summed E-state index contributed by atoms with van der Waals surface area (Å²) in [6, 6.07) is 6.43. The van der Waals surface area contributed by atoms with Crippen molar-refractivity contribution in [1.82, 2.24) is 20.1 Å². The molecule has 2 aromatic rings. The predicted molar refractivity (Wildman–Crippen MR) is 60.3 cm³/mol. The molecule has 6 heteroatoms. The maximum atomic E-state index is 12.0. The van der Waals surface area contributed by atoms with Crippen molar-refractivity contribution in [3.05, 3.63) is 42.0 Å². The number of para-hydroxylation sites is 1. The zero-order chi connectivity index (χ0) is 12.3. The molecule has 2 rings (SSSR count). The summed E-state index contributed by atoms with van der Waals surface area (Å²) in [5.41, 5.74) is 0.273. The van der Waals surface area contributed by atoms with Crippen molar-refractivity contribution in [2.45, 2.75) is 6.54 Å². The number of aromatic amines is 1. The van der Waals surface area contributed by atoms with E-state index in [9.17, 15) is 9.90 Å². The minimum atomic E-state index is -0.264. The monoisotopic (exact) mass is 232 g/mol. The fourth-order valence-corrected chi connectivity index (χ4v) is 1.46. The second-order valence-corrected chi connectivity index (χ2v) is 3.61. The second-order valence-electron chi connectivity index (χ2n) is 3.61. The van der Waals surface area contributed by atoms with Crippen LogP contribution in [0.2, 0.25) is 0 Å². The summed E-state index contributed by atoms with van der Waals surface area (Å²) in [4.78, 5) is 17.4. The van der Waals surface area contributed by atoms with Crippen LogP contribution in [0.5, 0.6) is 5.75 Å². The minimum absolute atomic E-state index is 0.0260. The Hall–Kier alpha value is -2.37. The number of hydrogen-bond acceptors (Lipinski definition) is 4. The zero-order valence-corrected chi connectivity index (χ0v) is 9.29. The molecule has 0 spiro atoms. The molecule has 2 N–H and O–H groups in total. The van der Waals surface area contributed by atoms with Crippen LogP contribution in [0.4, 0.5) is 0 Å². The van der Waals surface area contributed by atoms with Crippen LogP contribution >= 0.6 is 0 Å². The average Bonchev–Trinajstić information content (AvgIpc) is 2.81. The number of phenols is 1. The molecule has 0 saturated heterocycles. The van der Waals surface area contributed by atoms with E-state index in [1.165, 1.54) is 17.3 Å². The summed E-state index contributed by atoms with van der Waals surface area (Å²) < 4.78 is 0. The van der Waals surface area contributed by atoms with Gasteiger partial charge in [0.25, 0.3) is 5.91 Å². The summed E-state index contributed by atoms with van der Waals surface area (Å²) in [6.07, 6.45) is 1.38. The Balaban J connectivity index is 2.13. The Morgan fingerprint density at radius 1 is 1.47 bits per heavy atom. The standard InChI is InChI=1S/C11H12N4O2/c1-15(6-10-12-7-13-14-10)11(17)8-4-2-3-5-9(8)16/h2-5,7,16H,6H2,1H3,(H,12,13,14). The van der Waals surface area contributed by atoms with Crippen molar-refractivity contribution in [2.75, 3.05) is 7.05 Å². The summed E-state index contributed by atoms with van der Waals surface area (Å²) in [7, 11) is 1.64. The molecule has 0 aliphatic carbocycles. The van der Waals surface area contributed by atoms with Crippen molar-refractivity contribution in [2.24, 2.45) is 0 Å². The van der Waals surface area contributed by atoms with E-state index in [1.54, 1.807) is 25.2 Å². The number of benzene rings is 1. The van der Waals surface area contributed by atoms with Crippen LogP contribution in [0.15, 0.2) is 30.6 Å². The summed E-state index contributed by atoms with van der Waals surface area (Å²) in [5, 5.41) is 15.9. The molecular formula is C11H12N4O2. The number of nitrogens with one attached hydrogen (secondary N) is 1. The van der Waals surface area contributed by atoms with Crippen LogP contribution < -0.4 is 0 Å². The first-order valence-electron chi connectivity index (χ1n) is 5.06. The Morgan fingerprint density at radius 2 is 2.24 bits per heavy atom. The van der Waals surface area contributed by atoms with Gasteiger partial charge in [-0.25, -0.2) is 4.98 Å². The van der Waals surface area contributed by atoms with Crippen LogP contribution in [-0.2, 0) is 6.54 Å². The molecule has 1 amide bonds. The smallest absolute Gasteiger partial charge is 0.257 e. The molecule has 17 heavy (non-hydrogen) atoms. The molecule has 88 valence electrons. The normalized spacial score (nSPS) is 10.2. The third kappa shape index (κ3) is 2.41. The van der Waals surface area contributed by atoms with E-state index in [4.69, 9.17) is 0 Å². The van der Waals surface area contributed by atoms with Crippen molar-refractivity contribution >= 4 is 5.91 Å². The highest BCUT2D eigenvalue weighted by molar-refractivity contribution is 5.96. The Morgan fingerprint density at radius 3 is 2.88 bits per heavy atom. The number of H-pyrrole nitrogens is 1. The number of carbonyl (C=O) groups is 1. The minimum Gasteiger partial charge on any atom is -0.507 e. The number of aromatic hydroxyl groups is 1. The first-order chi connectivity index (χ1) is 8.18. The molecule has 1 heterocycles. The third-order valence-corrected chi connectivity index (χ3v) is 2.33. The van der Waals surface area contributed by atoms with E-state index in [0.717, 1.165) is 0 Å². The highest BCUT2D eigenvalue weighted by Crippen LogP contribution is 2.17. The highest BCUT2D eigenvalue weighted by atomic mass is 16.3. The number of carbonyl (C=O) groups excluding carboxylic acids is 1. The quantitative estimate of drug-likeness (QED) is 0.819. The van der Waals surface area contributed by atoms with Crippen LogP contribution in [0.3, 0.4) is 0 Å². The Labute approximate surface area is 97.9 Å². The van der Waals surface area contributed by atoms with Crippen molar-refractivity contribution in [3.8, 4) is 5.75 Å². The predicted octanol–water partition coefficient (Wildman–Crippen LogP) is 0.782. The number of rotatable bonds is 3. The third-order valence-electron chi connectivity index (χ3n) is 2.33. The Bertz CT molecular complexity index is 510. The fraction of sp³-hybridized carbons (Fsp3) is 0.182. The van der Waals surface area contributed by atoms with Gasteiger partial charge in [-0.05, 0) is 12.1 Å².